The maximum atomic E-state index is 13.0. The van der Waals surface area contributed by atoms with Crippen molar-refractivity contribution in [1.82, 2.24) is 5.32 Å². The van der Waals surface area contributed by atoms with Crippen LogP contribution in [-0.2, 0) is 18.4 Å². The van der Waals surface area contributed by atoms with Crippen LogP contribution in [0.5, 0.6) is 0 Å². The third-order valence-electron chi connectivity index (χ3n) is 15.4. The molecule has 0 aromatic carbocycles. The highest BCUT2D eigenvalue weighted by Crippen LogP contribution is 2.38. The van der Waals surface area contributed by atoms with Gasteiger partial charge >= 0.3 is 0 Å². The number of hydrogen-bond acceptors (Lipinski definition) is 6. The third-order valence-corrected chi connectivity index (χ3v) is 16.3. The van der Waals surface area contributed by atoms with Crippen molar-refractivity contribution in [3.63, 3.8) is 0 Å². The van der Waals surface area contributed by atoms with Crippen LogP contribution in [0.3, 0.4) is 0 Å². The second-order valence-electron chi connectivity index (χ2n) is 24.5. The monoisotopic (exact) mass is 1150 g/mol. The molecule has 0 spiro atoms. The van der Waals surface area contributed by atoms with E-state index < -0.39 is 20.0 Å². The van der Waals surface area contributed by atoms with E-state index in [9.17, 15) is 19.4 Å². The first kappa shape index (κ1) is 78.7. The Morgan fingerprint density at radius 1 is 0.444 bits per heavy atom. The molecular formula is C72H133N2O6P. The number of carbonyl (C=O) groups excluding carboxylic acids is 1. The lowest BCUT2D eigenvalue weighted by Crippen LogP contribution is -2.45. The Hall–Kier alpha value is -2.32. The summed E-state index contributed by atoms with van der Waals surface area (Å²) in [5, 5.41) is 14.0. The number of aliphatic hydroxyl groups is 1. The zero-order valence-corrected chi connectivity index (χ0v) is 54.9. The minimum Gasteiger partial charge on any atom is -0.756 e. The predicted octanol–water partition coefficient (Wildman–Crippen LogP) is 21.3. The number of aliphatic hydroxyl groups excluding tert-OH is 1. The molecule has 0 saturated heterocycles. The Labute approximate surface area is 503 Å². The highest BCUT2D eigenvalue weighted by molar-refractivity contribution is 7.45. The Balaban J connectivity index is 4.09. The van der Waals surface area contributed by atoms with Crippen LogP contribution in [0.4, 0.5) is 0 Å². The molecule has 8 nitrogen and oxygen atoms in total. The van der Waals surface area contributed by atoms with Crippen LogP contribution in [0, 0.1) is 0 Å². The van der Waals surface area contributed by atoms with Gasteiger partial charge in [0.1, 0.15) is 13.2 Å². The largest absolute Gasteiger partial charge is 0.756 e. The minimum atomic E-state index is -4.61. The molecule has 0 aromatic rings. The average Bonchev–Trinajstić information content (AvgIpc) is 3.43. The fourth-order valence-corrected chi connectivity index (χ4v) is 10.8. The smallest absolute Gasteiger partial charge is 0.268 e. The maximum Gasteiger partial charge on any atom is 0.268 e. The van der Waals surface area contributed by atoms with Gasteiger partial charge in [-0.25, -0.2) is 0 Å². The van der Waals surface area contributed by atoms with Crippen molar-refractivity contribution in [1.29, 1.82) is 0 Å². The number of nitrogens with one attached hydrogen (secondary N) is 1. The normalized spacial score (nSPS) is 14.2. The van der Waals surface area contributed by atoms with Crippen LogP contribution in [0.15, 0.2) is 85.1 Å². The number of phosphoric acid groups is 1. The molecule has 3 unspecified atom stereocenters. The van der Waals surface area contributed by atoms with E-state index in [1.807, 2.05) is 27.2 Å². The molecule has 0 bridgehead atoms. The van der Waals surface area contributed by atoms with E-state index >= 15 is 0 Å². The number of allylic oxidation sites excluding steroid dienone is 13. The van der Waals surface area contributed by atoms with Crippen molar-refractivity contribution >= 4 is 13.7 Å². The molecule has 0 fully saturated rings. The number of likely N-dealkylation sites (N-methyl/N-ethyl adjacent to an activating group) is 1. The van der Waals surface area contributed by atoms with E-state index in [0.29, 0.717) is 17.4 Å². The molecule has 0 saturated carbocycles. The number of amides is 1. The quantitative estimate of drug-likeness (QED) is 0.0272. The molecule has 2 N–H and O–H groups in total. The molecule has 0 aliphatic carbocycles. The number of carbonyl (C=O) groups is 1. The van der Waals surface area contributed by atoms with Crippen LogP contribution >= 0.6 is 7.82 Å². The SMILES string of the molecule is CC/C=C\C/C=C\C/C=C\C/C=C\C/C=C\C/C=C\CCCCCCCCCCCCCCCCC(=O)NC(COP(=O)([O-])OCC[N+](C)(C)C)C(O)/C=C/CCCCCCCCCCCCCCCCCCCCCCCCCC. The highest BCUT2D eigenvalue weighted by atomic mass is 31.2. The first-order valence-corrected chi connectivity index (χ1v) is 35.9. The Kier molecular flexibility index (Phi) is 60.4. The molecule has 0 aromatic heterocycles. The topological polar surface area (TPSA) is 108 Å². The molecule has 472 valence electrons. The van der Waals surface area contributed by atoms with Gasteiger partial charge in [-0.1, -0.05) is 324 Å². The van der Waals surface area contributed by atoms with E-state index in [4.69, 9.17) is 9.05 Å². The van der Waals surface area contributed by atoms with Crippen LogP contribution < -0.4 is 10.2 Å². The Morgan fingerprint density at radius 3 is 1.10 bits per heavy atom. The average molecular weight is 1150 g/mol. The first-order valence-electron chi connectivity index (χ1n) is 34.4. The second-order valence-corrected chi connectivity index (χ2v) is 25.9. The molecule has 0 radical (unpaired) electrons. The van der Waals surface area contributed by atoms with Gasteiger partial charge in [-0.2, -0.15) is 0 Å². The molecule has 0 rings (SSSR count). The van der Waals surface area contributed by atoms with Gasteiger partial charge in [0.2, 0.25) is 5.91 Å². The van der Waals surface area contributed by atoms with Gasteiger partial charge in [0.15, 0.2) is 0 Å². The summed E-state index contributed by atoms with van der Waals surface area (Å²) < 4.78 is 23.5. The summed E-state index contributed by atoms with van der Waals surface area (Å²) in [6.45, 7) is 4.57. The standard InChI is InChI=1S/C72H133N2O6P/c1-6-8-10-12-14-16-18-20-22-24-26-28-30-32-34-35-36-37-38-39-40-42-44-46-48-50-52-54-56-58-60-62-64-66-72(76)73-70(69-80-81(77,78)79-68-67-74(3,4)5)71(75)65-63-61-59-57-55-53-51-49-47-45-43-41-33-31-29-27-25-23-21-19-17-15-13-11-9-7-2/h8,10,14,16,20,22,26,28,32,34,36-37,63,65,70-71,75H,6-7,9,11-13,15,17-19,21,23-25,27,29-31,33,35,38-62,64,66-69H2,1-5H3,(H-,73,76,77,78)/b10-8-,16-14-,22-20-,28-26-,34-32-,37-36-,65-63+. The maximum absolute atomic E-state index is 13.0. The molecule has 9 heteroatoms. The molecule has 0 heterocycles. The van der Waals surface area contributed by atoms with E-state index in [2.05, 4.69) is 92.1 Å². The zero-order valence-electron chi connectivity index (χ0n) is 54.0. The zero-order chi connectivity index (χ0) is 59.1. The van der Waals surface area contributed by atoms with E-state index in [-0.39, 0.29) is 19.1 Å². The summed E-state index contributed by atoms with van der Waals surface area (Å²) in [7, 11) is 1.26. The summed E-state index contributed by atoms with van der Waals surface area (Å²) in [6.07, 6.45) is 88.3. The summed E-state index contributed by atoms with van der Waals surface area (Å²) in [6, 6.07) is -0.892. The molecule has 0 aliphatic rings. The molecule has 81 heavy (non-hydrogen) atoms. The number of phosphoric ester groups is 1. The summed E-state index contributed by atoms with van der Waals surface area (Å²) in [5.41, 5.74) is 0. The van der Waals surface area contributed by atoms with Crippen molar-refractivity contribution in [3.05, 3.63) is 85.1 Å². The minimum absolute atomic E-state index is 0.00289. The first-order chi connectivity index (χ1) is 39.5. The number of unbranched alkanes of at least 4 members (excludes halogenated alkanes) is 38. The predicted molar refractivity (Wildman–Crippen MR) is 353 cm³/mol. The molecule has 3 atom stereocenters. The Morgan fingerprint density at radius 2 is 0.753 bits per heavy atom. The van der Waals surface area contributed by atoms with Gasteiger partial charge in [0.25, 0.3) is 7.82 Å². The number of nitrogens with zero attached hydrogens (tertiary/aromatic N) is 1. The number of hydrogen-bond donors (Lipinski definition) is 2. The van der Waals surface area contributed by atoms with Gasteiger partial charge in [0.05, 0.1) is 39.9 Å². The van der Waals surface area contributed by atoms with E-state index in [1.54, 1.807) is 6.08 Å². The summed E-state index contributed by atoms with van der Waals surface area (Å²) in [5.74, 6) is -0.197. The van der Waals surface area contributed by atoms with Crippen LogP contribution in [0.2, 0.25) is 0 Å². The highest BCUT2D eigenvalue weighted by Gasteiger charge is 2.23. The molecular weight excluding hydrogens is 1020 g/mol. The second kappa shape index (κ2) is 62.2. The van der Waals surface area contributed by atoms with Crippen molar-refractivity contribution in [2.75, 3.05) is 40.9 Å². The fraction of sp³-hybridized carbons (Fsp3) is 0.792. The van der Waals surface area contributed by atoms with Crippen molar-refractivity contribution in [3.8, 4) is 0 Å². The van der Waals surface area contributed by atoms with Gasteiger partial charge in [0, 0.05) is 6.42 Å². The van der Waals surface area contributed by atoms with E-state index in [0.717, 1.165) is 77.0 Å². The van der Waals surface area contributed by atoms with Gasteiger partial charge in [-0.15, -0.1) is 0 Å². The van der Waals surface area contributed by atoms with Crippen LogP contribution in [0.25, 0.3) is 0 Å². The van der Waals surface area contributed by atoms with Crippen molar-refractivity contribution in [2.45, 2.75) is 328 Å². The number of rotatable bonds is 63. The Bertz CT molecular complexity index is 1600. The molecule has 1 amide bonds. The summed E-state index contributed by atoms with van der Waals surface area (Å²) in [4.78, 5) is 25.6. The van der Waals surface area contributed by atoms with Gasteiger partial charge in [-0.05, 0) is 70.6 Å². The summed E-state index contributed by atoms with van der Waals surface area (Å²) >= 11 is 0. The van der Waals surface area contributed by atoms with Gasteiger partial charge in [-0.3, -0.25) is 9.36 Å². The third kappa shape index (κ3) is 65.1. The van der Waals surface area contributed by atoms with Crippen molar-refractivity contribution < 1.29 is 32.9 Å². The lowest BCUT2D eigenvalue weighted by molar-refractivity contribution is -0.870. The lowest BCUT2D eigenvalue weighted by atomic mass is 10.0. The van der Waals surface area contributed by atoms with Gasteiger partial charge < -0.3 is 28.8 Å². The fourth-order valence-electron chi connectivity index (χ4n) is 10.0. The van der Waals surface area contributed by atoms with Crippen LogP contribution in [-0.4, -0.2) is 68.5 Å². The van der Waals surface area contributed by atoms with E-state index in [1.165, 1.54) is 218 Å². The number of quaternary nitrogens is 1. The lowest BCUT2D eigenvalue weighted by Gasteiger charge is -2.29. The van der Waals surface area contributed by atoms with Crippen LogP contribution in [0.1, 0.15) is 316 Å². The molecule has 0 aliphatic heterocycles. The van der Waals surface area contributed by atoms with Crippen molar-refractivity contribution in [2.24, 2.45) is 0 Å².